The van der Waals surface area contributed by atoms with Crippen LogP contribution in [0.3, 0.4) is 0 Å². The standard InChI is InChI=1S/C11H20N2O5/c1-17-10(14)8-9(11(15)16)12-2-3-13-4-6-18-7-5-13/h9,12H,2-8H2,1H3,(H,15,16)/t9-/m1/s1. The molecule has 1 saturated heterocycles. The highest BCUT2D eigenvalue weighted by Crippen LogP contribution is 1.97. The van der Waals surface area contributed by atoms with Crippen molar-refractivity contribution in [3.05, 3.63) is 0 Å². The molecular weight excluding hydrogens is 240 g/mol. The summed E-state index contributed by atoms with van der Waals surface area (Å²) in [5.41, 5.74) is 0. The number of aliphatic carboxylic acids is 1. The molecule has 0 saturated carbocycles. The van der Waals surface area contributed by atoms with Crippen molar-refractivity contribution in [2.75, 3.05) is 46.5 Å². The second-order valence-electron chi connectivity index (χ2n) is 4.08. The Balaban J connectivity index is 2.24. The van der Waals surface area contributed by atoms with Gasteiger partial charge in [0.2, 0.25) is 0 Å². The Kier molecular flexibility index (Phi) is 6.63. The molecule has 7 nitrogen and oxygen atoms in total. The summed E-state index contributed by atoms with van der Waals surface area (Å²) in [5, 5.41) is 11.8. The van der Waals surface area contributed by atoms with Crippen molar-refractivity contribution in [1.29, 1.82) is 0 Å². The van der Waals surface area contributed by atoms with Crippen LogP contribution in [0.4, 0.5) is 0 Å². The molecule has 104 valence electrons. The Morgan fingerprint density at radius 3 is 2.67 bits per heavy atom. The lowest BCUT2D eigenvalue weighted by Crippen LogP contribution is -2.45. The van der Waals surface area contributed by atoms with Gasteiger partial charge in [-0.05, 0) is 0 Å². The molecule has 1 aliphatic rings. The number of morpholine rings is 1. The molecule has 1 aliphatic heterocycles. The van der Waals surface area contributed by atoms with Crippen LogP contribution in [0.15, 0.2) is 0 Å². The number of carbonyl (C=O) groups excluding carboxylic acids is 1. The monoisotopic (exact) mass is 260 g/mol. The highest BCUT2D eigenvalue weighted by molar-refractivity contribution is 5.81. The number of nitrogens with zero attached hydrogens (tertiary/aromatic N) is 1. The topological polar surface area (TPSA) is 88.1 Å². The smallest absolute Gasteiger partial charge is 0.321 e. The number of nitrogens with one attached hydrogen (secondary N) is 1. The van der Waals surface area contributed by atoms with E-state index in [2.05, 4.69) is 15.0 Å². The minimum atomic E-state index is -1.04. The molecule has 1 rings (SSSR count). The van der Waals surface area contributed by atoms with Gasteiger partial charge in [0, 0.05) is 26.2 Å². The van der Waals surface area contributed by atoms with Crippen LogP contribution >= 0.6 is 0 Å². The summed E-state index contributed by atoms with van der Waals surface area (Å²) in [4.78, 5) is 24.2. The molecule has 0 unspecified atom stereocenters. The summed E-state index contributed by atoms with van der Waals surface area (Å²) < 4.78 is 9.67. The Morgan fingerprint density at radius 2 is 2.11 bits per heavy atom. The third-order valence-electron chi connectivity index (χ3n) is 2.82. The van der Waals surface area contributed by atoms with Crippen LogP contribution in [-0.4, -0.2) is 74.5 Å². The molecule has 0 bridgehead atoms. The van der Waals surface area contributed by atoms with Crippen molar-refractivity contribution in [3.8, 4) is 0 Å². The molecule has 7 heteroatoms. The van der Waals surface area contributed by atoms with Gasteiger partial charge in [-0.1, -0.05) is 0 Å². The zero-order valence-corrected chi connectivity index (χ0v) is 10.6. The van der Waals surface area contributed by atoms with Crippen LogP contribution in [0.1, 0.15) is 6.42 Å². The number of esters is 1. The maximum Gasteiger partial charge on any atom is 0.321 e. The lowest BCUT2D eigenvalue weighted by atomic mass is 10.2. The largest absolute Gasteiger partial charge is 0.480 e. The predicted molar refractivity (Wildman–Crippen MR) is 63.3 cm³/mol. The Morgan fingerprint density at radius 1 is 1.44 bits per heavy atom. The number of carboxylic acids is 1. The average Bonchev–Trinajstić information content (AvgIpc) is 2.38. The van der Waals surface area contributed by atoms with E-state index < -0.39 is 18.0 Å². The number of hydrogen-bond acceptors (Lipinski definition) is 6. The van der Waals surface area contributed by atoms with Crippen LogP contribution in [0.5, 0.6) is 0 Å². The van der Waals surface area contributed by atoms with E-state index in [1.165, 1.54) is 7.11 Å². The number of methoxy groups -OCH3 is 1. The normalized spacial score (nSPS) is 18.3. The van der Waals surface area contributed by atoms with Crippen LogP contribution in [0.25, 0.3) is 0 Å². The van der Waals surface area contributed by atoms with Gasteiger partial charge >= 0.3 is 11.9 Å². The highest BCUT2D eigenvalue weighted by atomic mass is 16.5. The maximum atomic E-state index is 11.0. The van der Waals surface area contributed by atoms with Crippen LogP contribution in [0.2, 0.25) is 0 Å². The van der Waals surface area contributed by atoms with Crippen LogP contribution in [-0.2, 0) is 19.1 Å². The molecule has 18 heavy (non-hydrogen) atoms. The van der Waals surface area contributed by atoms with Crippen LogP contribution in [0, 0.1) is 0 Å². The second kappa shape index (κ2) is 8.02. The van der Waals surface area contributed by atoms with Crippen molar-refractivity contribution in [2.45, 2.75) is 12.5 Å². The molecule has 0 radical (unpaired) electrons. The fourth-order valence-electron chi connectivity index (χ4n) is 1.72. The third-order valence-corrected chi connectivity index (χ3v) is 2.82. The lowest BCUT2D eigenvalue weighted by molar-refractivity contribution is -0.147. The summed E-state index contributed by atoms with van der Waals surface area (Å²) in [7, 11) is 1.25. The first-order chi connectivity index (χ1) is 8.63. The van der Waals surface area contributed by atoms with Gasteiger partial charge in [0.15, 0.2) is 0 Å². The fraction of sp³-hybridized carbons (Fsp3) is 0.818. The molecule has 0 aromatic carbocycles. The van der Waals surface area contributed by atoms with Crippen LogP contribution < -0.4 is 5.32 Å². The van der Waals surface area contributed by atoms with E-state index in [0.29, 0.717) is 19.8 Å². The molecule has 0 aromatic heterocycles. The molecule has 0 amide bonds. The molecule has 1 atom stereocenters. The molecule has 2 N–H and O–H groups in total. The van der Waals surface area contributed by atoms with Gasteiger partial charge < -0.3 is 19.9 Å². The van der Waals surface area contributed by atoms with Gasteiger partial charge in [-0.2, -0.15) is 0 Å². The van der Waals surface area contributed by atoms with E-state index in [1.807, 2.05) is 0 Å². The van der Waals surface area contributed by atoms with E-state index in [0.717, 1.165) is 19.6 Å². The quantitative estimate of drug-likeness (QED) is 0.563. The molecule has 1 fully saturated rings. The molecule has 1 heterocycles. The van der Waals surface area contributed by atoms with E-state index >= 15 is 0 Å². The van der Waals surface area contributed by atoms with Gasteiger partial charge in [0.1, 0.15) is 6.04 Å². The lowest BCUT2D eigenvalue weighted by Gasteiger charge is -2.27. The summed E-state index contributed by atoms with van der Waals surface area (Å²) in [6.07, 6.45) is -0.158. The summed E-state index contributed by atoms with van der Waals surface area (Å²) in [6, 6.07) is -0.890. The van der Waals surface area contributed by atoms with Crippen molar-refractivity contribution >= 4 is 11.9 Å². The molecule has 0 aromatic rings. The number of ether oxygens (including phenoxy) is 2. The van der Waals surface area contributed by atoms with Crippen molar-refractivity contribution < 1.29 is 24.2 Å². The molecule has 0 aliphatic carbocycles. The Bertz CT molecular complexity index is 279. The second-order valence-corrected chi connectivity index (χ2v) is 4.08. The van der Waals surface area contributed by atoms with Gasteiger partial charge in [0.25, 0.3) is 0 Å². The first-order valence-electron chi connectivity index (χ1n) is 5.96. The Hall–Kier alpha value is -1.18. The SMILES string of the molecule is COC(=O)C[C@@H](NCCN1CCOCC1)C(=O)O. The first kappa shape index (κ1) is 14.9. The minimum Gasteiger partial charge on any atom is -0.480 e. The number of carbonyl (C=O) groups is 2. The van der Waals surface area contributed by atoms with Crippen molar-refractivity contribution in [3.63, 3.8) is 0 Å². The van der Waals surface area contributed by atoms with Crippen molar-refractivity contribution in [2.24, 2.45) is 0 Å². The van der Waals surface area contributed by atoms with Gasteiger partial charge in [-0.3, -0.25) is 14.5 Å². The number of hydrogen-bond donors (Lipinski definition) is 2. The zero-order chi connectivity index (χ0) is 13.4. The average molecular weight is 260 g/mol. The minimum absolute atomic E-state index is 0.158. The summed E-state index contributed by atoms with van der Waals surface area (Å²) in [6.45, 7) is 4.41. The van der Waals surface area contributed by atoms with E-state index in [1.54, 1.807) is 0 Å². The maximum absolute atomic E-state index is 11.0. The highest BCUT2D eigenvalue weighted by Gasteiger charge is 2.21. The summed E-state index contributed by atoms with van der Waals surface area (Å²) in [5.74, 6) is -1.57. The predicted octanol–water partition coefficient (Wildman–Crippen LogP) is -1.08. The third kappa shape index (κ3) is 5.44. The van der Waals surface area contributed by atoms with E-state index in [9.17, 15) is 9.59 Å². The van der Waals surface area contributed by atoms with E-state index in [4.69, 9.17) is 9.84 Å². The zero-order valence-electron chi connectivity index (χ0n) is 10.6. The fourth-order valence-corrected chi connectivity index (χ4v) is 1.72. The van der Waals surface area contributed by atoms with E-state index in [-0.39, 0.29) is 6.42 Å². The van der Waals surface area contributed by atoms with Gasteiger partial charge in [-0.25, -0.2) is 0 Å². The van der Waals surface area contributed by atoms with Gasteiger partial charge in [0.05, 0.1) is 26.7 Å². The van der Waals surface area contributed by atoms with Gasteiger partial charge in [-0.15, -0.1) is 0 Å². The van der Waals surface area contributed by atoms with Crippen molar-refractivity contribution in [1.82, 2.24) is 10.2 Å². The number of rotatable bonds is 7. The number of carboxylic acid groups (broad SMARTS) is 1. The molecular formula is C11H20N2O5. The summed E-state index contributed by atoms with van der Waals surface area (Å²) >= 11 is 0. The first-order valence-corrected chi connectivity index (χ1v) is 5.96. The molecule has 0 spiro atoms. The Labute approximate surface area is 106 Å².